The molecule has 2 aromatic carbocycles. The summed E-state index contributed by atoms with van der Waals surface area (Å²) in [4.78, 5) is 25.6. The van der Waals surface area contributed by atoms with Gasteiger partial charge in [-0.05, 0) is 57.2 Å². The van der Waals surface area contributed by atoms with Crippen molar-refractivity contribution in [2.45, 2.75) is 26.9 Å². The molecule has 1 heterocycles. The van der Waals surface area contributed by atoms with Crippen LogP contribution in [-0.4, -0.2) is 29.5 Å². The summed E-state index contributed by atoms with van der Waals surface area (Å²) in [6.45, 7) is 5.37. The Morgan fingerprint density at radius 3 is 2.34 bits per heavy atom. The molecule has 0 fully saturated rings. The molecule has 0 aliphatic heterocycles. The van der Waals surface area contributed by atoms with E-state index < -0.39 is 12.1 Å². The number of hydrogen-bond donors (Lipinski definition) is 0. The summed E-state index contributed by atoms with van der Waals surface area (Å²) in [5.74, 6) is -0.599. The highest BCUT2D eigenvalue weighted by Crippen LogP contribution is 2.25. The van der Waals surface area contributed by atoms with Crippen LogP contribution in [0.1, 0.15) is 39.0 Å². The predicted molar refractivity (Wildman–Crippen MR) is 112 cm³/mol. The number of hydrogen-bond acceptors (Lipinski definition) is 4. The van der Waals surface area contributed by atoms with E-state index >= 15 is 0 Å². The van der Waals surface area contributed by atoms with Gasteiger partial charge in [0, 0.05) is 27.7 Å². The monoisotopic (exact) mass is 411 g/mol. The number of carbonyl (C=O) groups excluding carboxylic acids is 2. The molecule has 0 aliphatic carbocycles. The summed E-state index contributed by atoms with van der Waals surface area (Å²) in [5.41, 5.74) is 3.38. The molecule has 5 nitrogen and oxygen atoms in total. The SMILES string of the molecule is COc1ccc(Cl)cc1C(=O)O[C@H](C)C(=O)c1cc(C)n(-c2ccccc2)c1C. The van der Waals surface area contributed by atoms with Crippen molar-refractivity contribution in [1.82, 2.24) is 4.57 Å². The van der Waals surface area contributed by atoms with Crippen molar-refractivity contribution in [3.05, 3.63) is 82.1 Å². The maximum Gasteiger partial charge on any atom is 0.342 e. The lowest BCUT2D eigenvalue weighted by Crippen LogP contribution is -2.25. The van der Waals surface area contributed by atoms with Gasteiger partial charge in [0.15, 0.2) is 6.10 Å². The number of ketones is 1. The van der Waals surface area contributed by atoms with Gasteiger partial charge in [-0.2, -0.15) is 0 Å². The fourth-order valence-electron chi connectivity index (χ4n) is 3.32. The fraction of sp³-hybridized carbons (Fsp3) is 0.217. The lowest BCUT2D eigenvalue weighted by molar-refractivity contribution is 0.0315. The standard InChI is InChI=1S/C23H22ClNO4/c1-14-12-19(15(2)25(14)18-8-6-5-7-9-18)22(26)16(3)29-23(27)20-13-17(24)10-11-21(20)28-4/h5-13,16H,1-4H3/t16-/m1/s1. The number of benzene rings is 2. The first-order valence-electron chi connectivity index (χ1n) is 9.16. The van der Waals surface area contributed by atoms with Crippen molar-refractivity contribution in [3.63, 3.8) is 0 Å². The van der Waals surface area contributed by atoms with Crippen LogP contribution in [0.4, 0.5) is 0 Å². The second-order valence-corrected chi connectivity index (χ2v) is 7.15. The largest absolute Gasteiger partial charge is 0.496 e. The highest BCUT2D eigenvalue weighted by molar-refractivity contribution is 6.31. The van der Waals surface area contributed by atoms with E-state index in [9.17, 15) is 9.59 Å². The van der Waals surface area contributed by atoms with Crippen LogP contribution in [0.5, 0.6) is 5.75 Å². The Morgan fingerprint density at radius 2 is 1.69 bits per heavy atom. The minimum Gasteiger partial charge on any atom is -0.496 e. The zero-order chi connectivity index (χ0) is 21.1. The van der Waals surface area contributed by atoms with Gasteiger partial charge < -0.3 is 14.0 Å². The molecule has 0 amide bonds. The van der Waals surface area contributed by atoms with E-state index in [0.29, 0.717) is 16.3 Å². The summed E-state index contributed by atoms with van der Waals surface area (Å²) in [7, 11) is 1.45. The number of ether oxygens (including phenoxy) is 2. The van der Waals surface area contributed by atoms with E-state index in [2.05, 4.69) is 0 Å². The van der Waals surface area contributed by atoms with Gasteiger partial charge in [-0.3, -0.25) is 4.79 Å². The number of halogens is 1. The second kappa shape index (κ2) is 8.53. The maximum absolute atomic E-state index is 13.0. The van der Waals surface area contributed by atoms with Gasteiger partial charge in [-0.15, -0.1) is 0 Å². The quantitative estimate of drug-likeness (QED) is 0.414. The third-order valence-electron chi connectivity index (χ3n) is 4.75. The zero-order valence-electron chi connectivity index (χ0n) is 16.7. The van der Waals surface area contributed by atoms with E-state index in [1.54, 1.807) is 19.1 Å². The topological polar surface area (TPSA) is 57.5 Å². The Bertz CT molecular complexity index is 1060. The molecular formula is C23H22ClNO4. The molecule has 3 rings (SSSR count). The molecule has 0 saturated carbocycles. The Morgan fingerprint density at radius 1 is 1.00 bits per heavy atom. The maximum atomic E-state index is 13.0. The Balaban J connectivity index is 1.85. The molecule has 0 unspecified atom stereocenters. The van der Waals surface area contributed by atoms with Gasteiger partial charge in [0.25, 0.3) is 0 Å². The molecular weight excluding hydrogens is 390 g/mol. The van der Waals surface area contributed by atoms with Crippen LogP contribution in [0, 0.1) is 13.8 Å². The van der Waals surface area contributed by atoms with Gasteiger partial charge in [-0.25, -0.2) is 4.79 Å². The van der Waals surface area contributed by atoms with Gasteiger partial charge in [0.05, 0.1) is 7.11 Å². The van der Waals surface area contributed by atoms with E-state index in [0.717, 1.165) is 17.1 Å². The van der Waals surface area contributed by atoms with E-state index in [1.165, 1.54) is 13.2 Å². The molecule has 0 spiro atoms. The van der Waals surface area contributed by atoms with Gasteiger partial charge >= 0.3 is 5.97 Å². The molecule has 3 aromatic rings. The summed E-state index contributed by atoms with van der Waals surface area (Å²) in [6, 6.07) is 16.2. The Kier molecular flexibility index (Phi) is 6.09. The van der Waals surface area contributed by atoms with Crippen molar-refractivity contribution in [2.75, 3.05) is 7.11 Å². The van der Waals surface area contributed by atoms with Crippen molar-refractivity contribution >= 4 is 23.4 Å². The summed E-state index contributed by atoms with van der Waals surface area (Å²) >= 11 is 5.98. The summed E-state index contributed by atoms with van der Waals surface area (Å²) in [6.07, 6.45) is -0.962. The smallest absolute Gasteiger partial charge is 0.342 e. The number of carbonyl (C=O) groups is 2. The molecule has 6 heteroatoms. The van der Waals surface area contributed by atoms with Crippen LogP contribution in [0.15, 0.2) is 54.6 Å². The minimum absolute atomic E-state index is 0.175. The average Bonchev–Trinajstić information content (AvgIpc) is 3.01. The van der Waals surface area contributed by atoms with Crippen molar-refractivity contribution in [3.8, 4) is 11.4 Å². The first kappa shape index (κ1) is 20.7. The number of nitrogens with zero attached hydrogens (tertiary/aromatic N) is 1. The number of aromatic nitrogens is 1. The summed E-state index contributed by atoms with van der Waals surface area (Å²) in [5, 5.41) is 0.378. The number of rotatable bonds is 6. The predicted octanol–water partition coefficient (Wildman–Crippen LogP) is 5.18. The number of esters is 1. The van der Waals surface area contributed by atoms with E-state index in [4.69, 9.17) is 21.1 Å². The van der Waals surface area contributed by atoms with Crippen molar-refractivity contribution in [2.24, 2.45) is 0 Å². The molecule has 0 bridgehead atoms. The Hall–Kier alpha value is -3.05. The van der Waals surface area contributed by atoms with Crippen LogP contribution < -0.4 is 4.74 Å². The molecule has 150 valence electrons. The lowest BCUT2D eigenvalue weighted by Gasteiger charge is -2.14. The molecule has 1 atom stereocenters. The molecule has 1 aromatic heterocycles. The molecule has 29 heavy (non-hydrogen) atoms. The fourth-order valence-corrected chi connectivity index (χ4v) is 3.50. The molecule has 0 radical (unpaired) electrons. The van der Waals surface area contributed by atoms with Crippen LogP contribution >= 0.6 is 11.6 Å². The second-order valence-electron chi connectivity index (χ2n) is 6.71. The number of methoxy groups -OCH3 is 1. The van der Waals surface area contributed by atoms with Crippen molar-refractivity contribution in [1.29, 1.82) is 0 Å². The van der Waals surface area contributed by atoms with Gasteiger partial charge in [-0.1, -0.05) is 29.8 Å². The van der Waals surface area contributed by atoms with Crippen molar-refractivity contribution < 1.29 is 19.1 Å². The number of aryl methyl sites for hydroxylation is 1. The van der Waals surface area contributed by atoms with Gasteiger partial charge in [0.2, 0.25) is 5.78 Å². The number of Topliss-reactive ketones (excluding diaryl/α,β-unsaturated/α-hetero) is 1. The van der Waals surface area contributed by atoms with Crippen LogP contribution in [0.2, 0.25) is 5.02 Å². The number of para-hydroxylation sites is 1. The lowest BCUT2D eigenvalue weighted by atomic mass is 10.1. The summed E-state index contributed by atoms with van der Waals surface area (Å²) < 4.78 is 12.6. The molecule has 0 aliphatic rings. The average molecular weight is 412 g/mol. The third kappa shape index (κ3) is 4.20. The third-order valence-corrected chi connectivity index (χ3v) is 4.98. The first-order valence-corrected chi connectivity index (χ1v) is 9.54. The highest BCUT2D eigenvalue weighted by Gasteiger charge is 2.26. The van der Waals surface area contributed by atoms with Crippen LogP contribution in [-0.2, 0) is 4.74 Å². The zero-order valence-corrected chi connectivity index (χ0v) is 17.5. The van der Waals surface area contributed by atoms with Crippen LogP contribution in [0.25, 0.3) is 5.69 Å². The highest BCUT2D eigenvalue weighted by atomic mass is 35.5. The van der Waals surface area contributed by atoms with E-state index in [1.807, 2.05) is 54.8 Å². The molecule has 0 saturated heterocycles. The molecule has 0 N–H and O–H groups in total. The van der Waals surface area contributed by atoms with Gasteiger partial charge in [0.1, 0.15) is 11.3 Å². The van der Waals surface area contributed by atoms with E-state index in [-0.39, 0.29) is 11.3 Å². The minimum atomic E-state index is -0.962. The normalized spacial score (nSPS) is 11.8. The Labute approximate surface area is 174 Å². The first-order chi connectivity index (χ1) is 13.8. The van der Waals surface area contributed by atoms with Crippen LogP contribution in [0.3, 0.4) is 0 Å².